The number of hydrogen-bond donors (Lipinski definition) is 1. The summed E-state index contributed by atoms with van der Waals surface area (Å²) in [6.45, 7) is -0.675. The Bertz CT molecular complexity index is 1560. The van der Waals surface area contributed by atoms with Gasteiger partial charge in [0.1, 0.15) is 11.5 Å². The van der Waals surface area contributed by atoms with Crippen molar-refractivity contribution in [2.24, 2.45) is 4.99 Å². The Morgan fingerprint density at radius 2 is 1.45 bits per heavy atom. The van der Waals surface area contributed by atoms with E-state index in [1.54, 1.807) is 81.6 Å². The molecule has 0 bridgehead atoms. The van der Waals surface area contributed by atoms with Crippen molar-refractivity contribution in [2.75, 3.05) is 19.5 Å². The smallest absolute Gasteiger partial charge is 0.497 e. The second-order valence-electron chi connectivity index (χ2n) is 9.25. The fourth-order valence-electron chi connectivity index (χ4n) is 4.78. The van der Waals surface area contributed by atoms with Crippen LogP contribution in [-0.2, 0) is 10.1 Å². The highest BCUT2D eigenvalue weighted by Crippen LogP contribution is 2.38. The standard InChI is InChI=1S/C26H26BF2N3O5S/c1-17-15-23(19-5-9-21(36-3)10-6-19)31-25(17)30-26-18(2)16-24(32(26)27(31,28)29)20-7-11-22(12-8-20)37-13-4-14-38(33,34)35/h5-12,15-16H,4,13-14H2,1-3H3,(H,33,34,35)/q+1. The van der Waals surface area contributed by atoms with Gasteiger partial charge in [-0.05, 0) is 74.9 Å². The van der Waals surface area contributed by atoms with Crippen molar-refractivity contribution in [3.63, 3.8) is 0 Å². The van der Waals surface area contributed by atoms with Crippen LogP contribution in [-0.4, -0.2) is 65.6 Å². The molecule has 0 saturated heterocycles. The first-order valence-corrected chi connectivity index (χ1v) is 13.6. The number of ether oxygens (including phenoxy) is 2. The van der Waals surface area contributed by atoms with E-state index in [9.17, 15) is 8.42 Å². The van der Waals surface area contributed by atoms with Gasteiger partial charge in [0.25, 0.3) is 16.0 Å². The Balaban J connectivity index is 1.50. The highest BCUT2D eigenvalue weighted by Gasteiger charge is 2.67. The van der Waals surface area contributed by atoms with Gasteiger partial charge in [-0.25, -0.2) is 0 Å². The van der Waals surface area contributed by atoms with Crippen molar-refractivity contribution in [2.45, 2.75) is 20.3 Å². The summed E-state index contributed by atoms with van der Waals surface area (Å²) >= 11 is 0. The summed E-state index contributed by atoms with van der Waals surface area (Å²) in [5.74, 6) is 0.920. The molecule has 0 spiro atoms. The maximum atomic E-state index is 16.4. The summed E-state index contributed by atoms with van der Waals surface area (Å²) in [6.07, 6.45) is 3.76. The average Bonchev–Trinajstić information content (AvgIpc) is 3.40. The zero-order valence-electron chi connectivity index (χ0n) is 21.1. The largest absolute Gasteiger partial charge is 0.834 e. The fraction of sp³-hybridized carbons (Fsp3) is 0.231. The van der Waals surface area contributed by atoms with Crippen molar-refractivity contribution in [3.8, 4) is 11.5 Å². The summed E-state index contributed by atoms with van der Waals surface area (Å²) in [6, 6.07) is 13.6. The van der Waals surface area contributed by atoms with Gasteiger partial charge in [0.2, 0.25) is 0 Å². The van der Waals surface area contributed by atoms with Gasteiger partial charge >= 0.3 is 13.1 Å². The van der Waals surface area contributed by atoms with E-state index in [0.29, 0.717) is 45.2 Å². The van der Waals surface area contributed by atoms with E-state index in [1.807, 2.05) is 0 Å². The molecule has 0 atom stereocenters. The molecule has 3 aliphatic rings. The minimum Gasteiger partial charge on any atom is -0.497 e. The molecule has 197 valence electrons. The van der Waals surface area contributed by atoms with Crippen LogP contribution in [0.2, 0.25) is 0 Å². The molecule has 2 aromatic rings. The van der Waals surface area contributed by atoms with Crippen LogP contribution in [0.15, 0.2) is 76.8 Å². The van der Waals surface area contributed by atoms with Gasteiger partial charge < -0.3 is 18.1 Å². The number of aliphatic imine (C=N–C) groups is 1. The van der Waals surface area contributed by atoms with Crippen molar-refractivity contribution in [3.05, 3.63) is 89.1 Å². The molecule has 0 fully saturated rings. The number of hydrogen-bond acceptors (Lipinski definition) is 5. The second-order valence-corrected chi connectivity index (χ2v) is 10.8. The van der Waals surface area contributed by atoms with E-state index in [4.69, 9.17) is 14.0 Å². The Hall–Kier alpha value is -3.64. The minimum atomic E-state index is -4.30. The number of fused-ring (bicyclic) bond motifs is 2. The summed E-state index contributed by atoms with van der Waals surface area (Å²) in [5.41, 5.74) is 3.15. The van der Waals surface area contributed by atoms with E-state index in [-0.39, 0.29) is 25.0 Å². The van der Waals surface area contributed by atoms with Crippen LogP contribution in [0.4, 0.5) is 8.63 Å². The Morgan fingerprint density at radius 3 is 2.03 bits per heavy atom. The summed E-state index contributed by atoms with van der Waals surface area (Å²) in [7, 11) is -2.50. The number of allylic oxidation sites excluding steroid dienone is 2. The summed E-state index contributed by atoms with van der Waals surface area (Å²) in [5, 5.41) is 0. The van der Waals surface area contributed by atoms with E-state index in [1.165, 1.54) is 0 Å². The van der Waals surface area contributed by atoms with Gasteiger partial charge in [-0.3, -0.25) is 13.5 Å². The first kappa shape index (κ1) is 26.0. The predicted molar refractivity (Wildman–Crippen MR) is 141 cm³/mol. The average molecular weight is 541 g/mol. The molecular formula is C26H26BF2N3O5S+. The lowest BCUT2D eigenvalue weighted by Crippen LogP contribution is -2.58. The van der Waals surface area contributed by atoms with Crippen LogP contribution in [0.1, 0.15) is 31.4 Å². The fourth-order valence-corrected chi connectivity index (χ4v) is 5.26. The van der Waals surface area contributed by atoms with Crippen LogP contribution in [0.25, 0.3) is 0 Å². The van der Waals surface area contributed by atoms with Crippen molar-refractivity contribution >= 4 is 34.3 Å². The zero-order chi connectivity index (χ0) is 27.2. The molecule has 0 unspecified atom stereocenters. The number of halogens is 2. The molecule has 1 N–H and O–H groups in total. The van der Waals surface area contributed by atoms with Crippen molar-refractivity contribution < 1.29 is 40.0 Å². The molecule has 8 nitrogen and oxygen atoms in total. The Kier molecular flexibility index (Phi) is 6.56. The molecule has 5 rings (SSSR count). The third-order valence-electron chi connectivity index (χ3n) is 6.57. The van der Waals surface area contributed by atoms with Gasteiger partial charge in [0, 0.05) is 27.8 Å². The summed E-state index contributed by atoms with van der Waals surface area (Å²) < 4.78 is 76.2. The number of rotatable bonds is 8. The van der Waals surface area contributed by atoms with Crippen LogP contribution in [0.5, 0.6) is 11.5 Å². The molecule has 38 heavy (non-hydrogen) atoms. The van der Waals surface area contributed by atoms with Gasteiger partial charge in [0.05, 0.1) is 30.8 Å². The monoisotopic (exact) mass is 541 g/mol. The molecule has 0 aliphatic carbocycles. The molecular weight excluding hydrogens is 515 g/mol. The van der Waals surface area contributed by atoms with E-state index >= 15 is 8.63 Å². The van der Waals surface area contributed by atoms with Crippen LogP contribution < -0.4 is 9.47 Å². The van der Waals surface area contributed by atoms with Crippen LogP contribution in [0, 0.1) is 6.17 Å². The highest BCUT2D eigenvalue weighted by atomic mass is 32.2. The lowest BCUT2D eigenvalue weighted by Gasteiger charge is -2.26. The van der Waals surface area contributed by atoms with Crippen molar-refractivity contribution in [1.82, 2.24) is 0 Å². The maximum absolute atomic E-state index is 16.4. The topological polar surface area (TPSA) is 91.2 Å². The quantitative estimate of drug-likeness (QED) is 0.312. The van der Waals surface area contributed by atoms with Gasteiger partial charge in [-0.15, -0.1) is 0 Å². The van der Waals surface area contributed by atoms with Gasteiger partial charge in [-0.1, -0.05) is 0 Å². The molecule has 2 aromatic carbocycles. The molecule has 1 radical (unpaired) electrons. The summed E-state index contributed by atoms with van der Waals surface area (Å²) in [4.78, 5) is 4.66. The molecule has 0 aromatic heterocycles. The Labute approximate surface area is 219 Å². The normalized spacial score (nSPS) is 18.6. The molecule has 0 amide bonds. The molecule has 3 heterocycles. The molecule has 0 saturated carbocycles. The molecule has 12 heteroatoms. The van der Waals surface area contributed by atoms with Gasteiger partial charge in [-0.2, -0.15) is 8.42 Å². The first-order chi connectivity index (χ1) is 18.0. The zero-order valence-corrected chi connectivity index (χ0v) is 21.9. The second kappa shape index (κ2) is 9.59. The third-order valence-corrected chi connectivity index (χ3v) is 7.38. The lowest BCUT2D eigenvalue weighted by molar-refractivity contribution is -0.514. The number of benzene rings is 2. The SMILES string of the molecule is COc1ccc(C2=[N+]3C(=N[C]4C(C)=CC(c5ccc(OCCCS(=O)(=O)O)cc5)=[N+]4[B-]3(F)F)C(C)=C2)cc1. The van der Waals surface area contributed by atoms with E-state index in [0.717, 1.165) is 8.97 Å². The van der Waals surface area contributed by atoms with Crippen LogP contribution >= 0.6 is 0 Å². The van der Waals surface area contributed by atoms with Crippen molar-refractivity contribution in [1.29, 1.82) is 0 Å². The van der Waals surface area contributed by atoms with E-state index < -0.39 is 22.8 Å². The van der Waals surface area contributed by atoms with Gasteiger partial charge in [0.15, 0.2) is 5.71 Å². The third kappa shape index (κ3) is 4.69. The first-order valence-electron chi connectivity index (χ1n) is 12.0. The molecule has 3 aliphatic heterocycles. The predicted octanol–water partition coefficient (Wildman–Crippen LogP) is 3.85. The van der Waals surface area contributed by atoms with Crippen LogP contribution in [0.3, 0.4) is 0 Å². The minimum absolute atomic E-state index is 0.0860. The number of nitrogens with zero attached hydrogens (tertiary/aromatic N) is 3. The maximum Gasteiger partial charge on any atom is 0.834 e. The highest BCUT2D eigenvalue weighted by molar-refractivity contribution is 7.85. The van der Waals surface area contributed by atoms with E-state index in [2.05, 4.69) is 4.99 Å². The lowest BCUT2D eigenvalue weighted by atomic mass is 9.89. The Morgan fingerprint density at radius 1 is 0.895 bits per heavy atom. The number of methoxy groups -OCH3 is 1. The number of amidine groups is 1.